The SMILES string of the molecule is Clc1cccc(C2CC(Nc3cn[nH]c3)C2)c1. The van der Waals surface area contributed by atoms with Gasteiger partial charge in [0, 0.05) is 17.3 Å². The zero-order valence-electron chi connectivity index (χ0n) is 9.36. The summed E-state index contributed by atoms with van der Waals surface area (Å²) >= 11 is 5.99. The lowest BCUT2D eigenvalue weighted by Crippen LogP contribution is -2.33. The molecule has 0 bridgehead atoms. The van der Waals surface area contributed by atoms with Crippen LogP contribution in [-0.4, -0.2) is 16.2 Å². The van der Waals surface area contributed by atoms with Gasteiger partial charge in [0.25, 0.3) is 0 Å². The number of rotatable bonds is 3. The minimum atomic E-state index is 0.552. The Bertz CT molecular complexity index is 489. The molecule has 1 heterocycles. The van der Waals surface area contributed by atoms with Crippen molar-refractivity contribution in [3.05, 3.63) is 47.2 Å². The first kappa shape index (κ1) is 10.7. The minimum absolute atomic E-state index is 0.552. The lowest BCUT2D eigenvalue weighted by atomic mass is 9.76. The number of halogens is 1. The molecule has 0 spiro atoms. The zero-order valence-corrected chi connectivity index (χ0v) is 10.1. The lowest BCUT2D eigenvalue weighted by Gasteiger charge is -2.36. The predicted octanol–water partition coefficient (Wildman–Crippen LogP) is 3.42. The summed E-state index contributed by atoms with van der Waals surface area (Å²) in [6.45, 7) is 0. The molecular formula is C13H14ClN3. The predicted molar refractivity (Wildman–Crippen MR) is 69.4 cm³/mol. The first-order chi connectivity index (χ1) is 8.31. The Labute approximate surface area is 105 Å². The second-order valence-corrected chi connectivity index (χ2v) is 4.99. The van der Waals surface area contributed by atoms with Gasteiger partial charge in [0.05, 0.1) is 11.9 Å². The first-order valence-electron chi connectivity index (χ1n) is 5.82. The van der Waals surface area contributed by atoms with E-state index in [2.05, 4.69) is 27.6 Å². The number of H-pyrrole nitrogens is 1. The largest absolute Gasteiger partial charge is 0.380 e. The minimum Gasteiger partial charge on any atom is -0.380 e. The van der Waals surface area contributed by atoms with Crippen molar-refractivity contribution in [2.75, 3.05) is 5.32 Å². The summed E-state index contributed by atoms with van der Waals surface area (Å²) in [5, 5.41) is 11.0. The molecular weight excluding hydrogens is 234 g/mol. The van der Waals surface area contributed by atoms with E-state index in [-0.39, 0.29) is 0 Å². The quantitative estimate of drug-likeness (QED) is 0.873. The number of nitrogens with zero attached hydrogens (tertiary/aromatic N) is 1. The normalized spacial score (nSPS) is 23.1. The fourth-order valence-electron chi connectivity index (χ4n) is 2.33. The molecule has 0 aliphatic heterocycles. The van der Waals surface area contributed by atoms with Crippen molar-refractivity contribution in [2.24, 2.45) is 0 Å². The van der Waals surface area contributed by atoms with E-state index >= 15 is 0 Å². The second-order valence-electron chi connectivity index (χ2n) is 4.55. The highest BCUT2D eigenvalue weighted by atomic mass is 35.5. The van der Waals surface area contributed by atoms with E-state index in [1.165, 1.54) is 5.56 Å². The van der Waals surface area contributed by atoms with Gasteiger partial charge in [-0.15, -0.1) is 0 Å². The van der Waals surface area contributed by atoms with Gasteiger partial charge in [0.15, 0.2) is 0 Å². The standard InChI is InChI=1S/C13H14ClN3/c14-11-3-1-2-9(4-11)10-5-12(6-10)17-13-7-15-16-8-13/h1-4,7-8,10,12,17H,5-6H2,(H,15,16). The van der Waals surface area contributed by atoms with E-state index in [1.54, 1.807) is 0 Å². The van der Waals surface area contributed by atoms with Gasteiger partial charge < -0.3 is 5.32 Å². The van der Waals surface area contributed by atoms with Crippen molar-refractivity contribution in [3.63, 3.8) is 0 Å². The van der Waals surface area contributed by atoms with Crippen molar-refractivity contribution in [1.29, 1.82) is 0 Å². The highest BCUT2D eigenvalue weighted by Gasteiger charge is 2.30. The second kappa shape index (κ2) is 4.41. The Morgan fingerprint density at radius 1 is 1.35 bits per heavy atom. The van der Waals surface area contributed by atoms with Gasteiger partial charge in [-0.1, -0.05) is 23.7 Å². The number of nitrogens with one attached hydrogen (secondary N) is 2. The van der Waals surface area contributed by atoms with E-state index in [9.17, 15) is 0 Å². The van der Waals surface area contributed by atoms with Crippen molar-refractivity contribution in [2.45, 2.75) is 24.8 Å². The van der Waals surface area contributed by atoms with Gasteiger partial charge >= 0.3 is 0 Å². The molecule has 4 heteroatoms. The van der Waals surface area contributed by atoms with Crippen molar-refractivity contribution < 1.29 is 0 Å². The Morgan fingerprint density at radius 2 is 2.24 bits per heavy atom. The number of benzene rings is 1. The number of hydrogen-bond acceptors (Lipinski definition) is 2. The van der Waals surface area contributed by atoms with Crippen LogP contribution in [0.2, 0.25) is 5.02 Å². The Balaban J connectivity index is 1.58. The monoisotopic (exact) mass is 247 g/mol. The van der Waals surface area contributed by atoms with Crippen LogP contribution in [0.1, 0.15) is 24.3 Å². The van der Waals surface area contributed by atoms with E-state index < -0.39 is 0 Å². The maximum absolute atomic E-state index is 5.99. The molecule has 1 saturated carbocycles. The number of aromatic nitrogens is 2. The fraction of sp³-hybridized carbons (Fsp3) is 0.308. The zero-order chi connectivity index (χ0) is 11.7. The number of hydrogen-bond donors (Lipinski definition) is 2. The first-order valence-corrected chi connectivity index (χ1v) is 6.20. The van der Waals surface area contributed by atoms with Crippen LogP contribution in [-0.2, 0) is 0 Å². The third-order valence-corrected chi connectivity index (χ3v) is 3.56. The molecule has 1 aliphatic rings. The average molecular weight is 248 g/mol. The van der Waals surface area contributed by atoms with Crippen LogP contribution >= 0.6 is 11.6 Å². The van der Waals surface area contributed by atoms with E-state index in [0.29, 0.717) is 12.0 Å². The molecule has 0 atom stereocenters. The van der Waals surface area contributed by atoms with Gasteiger partial charge in [0.1, 0.15) is 0 Å². The van der Waals surface area contributed by atoms with Crippen molar-refractivity contribution in [3.8, 4) is 0 Å². The molecule has 0 amide bonds. The van der Waals surface area contributed by atoms with Gasteiger partial charge in [-0.05, 0) is 36.5 Å². The highest BCUT2D eigenvalue weighted by molar-refractivity contribution is 6.30. The van der Waals surface area contributed by atoms with Gasteiger partial charge in [-0.2, -0.15) is 5.10 Å². The molecule has 3 nitrogen and oxygen atoms in total. The Hall–Kier alpha value is -1.48. The van der Waals surface area contributed by atoms with Crippen LogP contribution in [0, 0.1) is 0 Å². The third-order valence-electron chi connectivity index (χ3n) is 3.33. The molecule has 17 heavy (non-hydrogen) atoms. The van der Waals surface area contributed by atoms with E-state index in [4.69, 9.17) is 11.6 Å². The Morgan fingerprint density at radius 3 is 2.94 bits per heavy atom. The van der Waals surface area contributed by atoms with E-state index in [0.717, 1.165) is 23.6 Å². The number of anilines is 1. The molecule has 88 valence electrons. The van der Waals surface area contributed by atoms with Crippen LogP contribution in [0.15, 0.2) is 36.7 Å². The van der Waals surface area contributed by atoms with Gasteiger partial charge in [-0.25, -0.2) is 0 Å². The molecule has 0 unspecified atom stereocenters. The topological polar surface area (TPSA) is 40.7 Å². The van der Waals surface area contributed by atoms with Crippen LogP contribution in [0.4, 0.5) is 5.69 Å². The van der Waals surface area contributed by atoms with Crippen molar-refractivity contribution >= 4 is 17.3 Å². The van der Waals surface area contributed by atoms with Crippen LogP contribution < -0.4 is 5.32 Å². The summed E-state index contributed by atoms with van der Waals surface area (Å²) < 4.78 is 0. The summed E-state index contributed by atoms with van der Waals surface area (Å²) in [5.41, 5.74) is 2.42. The molecule has 2 N–H and O–H groups in total. The Kier molecular flexibility index (Phi) is 2.77. The van der Waals surface area contributed by atoms with Gasteiger partial charge in [-0.3, -0.25) is 5.10 Å². The summed E-state index contributed by atoms with van der Waals surface area (Å²) in [6.07, 6.45) is 6.01. The molecule has 1 aromatic carbocycles. The third kappa shape index (κ3) is 2.29. The molecule has 1 aliphatic carbocycles. The smallest absolute Gasteiger partial charge is 0.0725 e. The summed E-state index contributed by atoms with van der Waals surface area (Å²) in [7, 11) is 0. The van der Waals surface area contributed by atoms with Gasteiger partial charge in [0.2, 0.25) is 0 Å². The van der Waals surface area contributed by atoms with Crippen LogP contribution in [0.5, 0.6) is 0 Å². The summed E-state index contributed by atoms with van der Waals surface area (Å²) in [4.78, 5) is 0. The van der Waals surface area contributed by atoms with Crippen LogP contribution in [0.3, 0.4) is 0 Å². The van der Waals surface area contributed by atoms with Crippen LogP contribution in [0.25, 0.3) is 0 Å². The molecule has 3 rings (SSSR count). The lowest BCUT2D eigenvalue weighted by molar-refractivity contribution is 0.374. The molecule has 0 radical (unpaired) electrons. The highest BCUT2D eigenvalue weighted by Crippen LogP contribution is 2.38. The maximum atomic E-state index is 5.99. The number of aromatic amines is 1. The molecule has 1 fully saturated rings. The molecule has 2 aromatic rings. The van der Waals surface area contributed by atoms with E-state index in [1.807, 2.05) is 24.5 Å². The summed E-state index contributed by atoms with van der Waals surface area (Å²) in [5.74, 6) is 0.637. The fourth-order valence-corrected chi connectivity index (χ4v) is 2.53. The van der Waals surface area contributed by atoms with Crippen molar-refractivity contribution in [1.82, 2.24) is 10.2 Å². The summed E-state index contributed by atoms with van der Waals surface area (Å²) in [6, 6.07) is 8.72. The molecule has 1 aromatic heterocycles. The maximum Gasteiger partial charge on any atom is 0.0725 e. The average Bonchev–Trinajstić information content (AvgIpc) is 2.75. The molecule has 0 saturated heterocycles.